The van der Waals surface area contributed by atoms with Crippen LogP contribution in [0.25, 0.3) is 0 Å². The van der Waals surface area contributed by atoms with Crippen molar-refractivity contribution in [3.05, 3.63) is 33.5 Å². The summed E-state index contributed by atoms with van der Waals surface area (Å²) in [6.07, 6.45) is -1.06. The van der Waals surface area contributed by atoms with Gasteiger partial charge in [-0.3, -0.25) is 9.59 Å². The predicted octanol–water partition coefficient (Wildman–Crippen LogP) is 2.20. The molecule has 2 aliphatic rings. The van der Waals surface area contributed by atoms with Crippen LogP contribution in [0.5, 0.6) is 0 Å². The van der Waals surface area contributed by atoms with E-state index < -0.39 is 29.3 Å². The van der Waals surface area contributed by atoms with Gasteiger partial charge in [0.25, 0.3) is 5.91 Å². The number of rotatable bonds is 2. The predicted molar refractivity (Wildman–Crippen MR) is 73.2 cm³/mol. The van der Waals surface area contributed by atoms with Crippen LogP contribution in [-0.2, 0) is 14.9 Å². The van der Waals surface area contributed by atoms with Crippen molar-refractivity contribution in [2.45, 2.75) is 18.0 Å². The maximum Gasteiger partial charge on any atom is 0.325 e. The Kier molecular flexibility index (Phi) is 3.27. The summed E-state index contributed by atoms with van der Waals surface area (Å²) in [5, 5.41) is 0. The number of fused-ring (bicyclic) bond motifs is 2. The Hall–Kier alpha value is -1.50. The molecule has 1 spiro atoms. The van der Waals surface area contributed by atoms with E-state index in [-0.39, 0.29) is 35.1 Å². The number of benzene rings is 1. The minimum Gasteiger partial charge on any atom is -0.468 e. The number of hydrogen-bond acceptors (Lipinski definition) is 3. The Labute approximate surface area is 128 Å². The number of halogens is 3. The third kappa shape index (κ3) is 2.06. The lowest BCUT2D eigenvalue weighted by atomic mass is 9.85. The molecule has 1 unspecified atom stereocenters. The van der Waals surface area contributed by atoms with Gasteiger partial charge >= 0.3 is 5.97 Å². The Balaban J connectivity index is 2.07. The summed E-state index contributed by atoms with van der Waals surface area (Å²) < 4.78 is 33.0. The molecular weight excluding hydrogens is 348 g/mol. The second kappa shape index (κ2) is 4.76. The SMILES string of the molecule is COC(=O)CN1C[C@@]2(CC2F)c2c(ccc(Br)c2F)C1=O. The van der Waals surface area contributed by atoms with E-state index in [9.17, 15) is 18.4 Å². The van der Waals surface area contributed by atoms with E-state index >= 15 is 0 Å². The van der Waals surface area contributed by atoms with E-state index in [0.717, 1.165) is 0 Å². The van der Waals surface area contributed by atoms with Gasteiger partial charge in [-0.1, -0.05) is 0 Å². The third-order valence-electron chi connectivity index (χ3n) is 4.11. The van der Waals surface area contributed by atoms with E-state index in [0.29, 0.717) is 0 Å². The molecule has 21 heavy (non-hydrogen) atoms. The van der Waals surface area contributed by atoms with Crippen LogP contribution in [-0.4, -0.2) is 43.1 Å². The summed E-state index contributed by atoms with van der Waals surface area (Å²) in [5.41, 5.74) is -0.799. The normalized spacial score (nSPS) is 26.8. The highest BCUT2D eigenvalue weighted by atomic mass is 79.9. The lowest BCUT2D eigenvalue weighted by Gasteiger charge is -2.34. The smallest absolute Gasteiger partial charge is 0.325 e. The summed E-state index contributed by atoms with van der Waals surface area (Å²) >= 11 is 3.06. The fourth-order valence-electron chi connectivity index (χ4n) is 2.91. The Morgan fingerprint density at radius 2 is 2.24 bits per heavy atom. The van der Waals surface area contributed by atoms with Crippen LogP contribution in [0.15, 0.2) is 16.6 Å². The number of esters is 1. The molecule has 0 aromatic heterocycles. The second-order valence-corrected chi connectivity index (χ2v) is 6.20. The lowest BCUT2D eigenvalue weighted by molar-refractivity contribution is -0.141. The summed E-state index contributed by atoms with van der Waals surface area (Å²) in [4.78, 5) is 25.0. The highest BCUT2D eigenvalue weighted by molar-refractivity contribution is 9.10. The summed E-state index contributed by atoms with van der Waals surface area (Å²) in [6.45, 7) is -0.274. The summed E-state index contributed by atoms with van der Waals surface area (Å²) in [6, 6.07) is 2.87. The van der Waals surface area contributed by atoms with Crippen molar-refractivity contribution in [3.63, 3.8) is 0 Å². The molecule has 112 valence electrons. The van der Waals surface area contributed by atoms with Crippen molar-refractivity contribution >= 4 is 27.8 Å². The number of carbonyl (C=O) groups is 2. The van der Waals surface area contributed by atoms with Crippen molar-refractivity contribution in [2.75, 3.05) is 20.2 Å². The van der Waals surface area contributed by atoms with Crippen LogP contribution < -0.4 is 0 Å². The van der Waals surface area contributed by atoms with Gasteiger partial charge in [-0.05, 0) is 34.5 Å². The maximum absolute atomic E-state index is 14.3. The van der Waals surface area contributed by atoms with E-state index in [2.05, 4.69) is 20.7 Å². The first-order valence-electron chi connectivity index (χ1n) is 6.39. The van der Waals surface area contributed by atoms with E-state index in [1.807, 2.05) is 0 Å². The second-order valence-electron chi connectivity index (χ2n) is 5.35. The average molecular weight is 360 g/mol. The van der Waals surface area contributed by atoms with Gasteiger partial charge in [0.1, 0.15) is 18.5 Å². The molecule has 2 atom stereocenters. The molecule has 3 rings (SSSR count). The van der Waals surface area contributed by atoms with Crippen LogP contribution >= 0.6 is 15.9 Å². The molecule has 1 fully saturated rings. The van der Waals surface area contributed by atoms with Crippen molar-refractivity contribution in [3.8, 4) is 0 Å². The van der Waals surface area contributed by atoms with Gasteiger partial charge in [0.2, 0.25) is 0 Å². The largest absolute Gasteiger partial charge is 0.468 e. The summed E-state index contributed by atoms with van der Waals surface area (Å²) in [5.74, 6) is -1.67. The first-order valence-corrected chi connectivity index (χ1v) is 7.18. The molecule has 0 bridgehead atoms. The molecule has 0 N–H and O–H groups in total. The fourth-order valence-corrected chi connectivity index (χ4v) is 3.24. The highest BCUT2D eigenvalue weighted by Gasteiger charge is 2.62. The molecule has 1 aromatic carbocycles. The van der Waals surface area contributed by atoms with Gasteiger partial charge in [0.15, 0.2) is 0 Å². The third-order valence-corrected chi connectivity index (χ3v) is 4.73. The highest BCUT2D eigenvalue weighted by Crippen LogP contribution is 2.55. The van der Waals surface area contributed by atoms with Gasteiger partial charge in [-0.25, -0.2) is 8.78 Å². The van der Waals surface area contributed by atoms with Crippen molar-refractivity contribution < 1.29 is 23.1 Å². The molecule has 1 aliphatic heterocycles. The first kappa shape index (κ1) is 14.4. The summed E-state index contributed by atoms with van der Waals surface area (Å²) in [7, 11) is 1.21. The maximum atomic E-state index is 14.3. The van der Waals surface area contributed by atoms with Crippen molar-refractivity contribution in [1.29, 1.82) is 0 Å². The van der Waals surface area contributed by atoms with Crippen LogP contribution in [0.4, 0.5) is 8.78 Å². The topological polar surface area (TPSA) is 46.6 Å². The number of methoxy groups -OCH3 is 1. The number of hydrogen-bond donors (Lipinski definition) is 0. The quantitative estimate of drug-likeness (QED) is 0.760. The molecule has 0 radical (unpaired) electrons. The molecule has 1 aromatic rings. The van der Waals surface area contributed by atoms with Crippen molar-refractivity contribution in [1.82, 2.24) is 4.90 Å². The van der Waals surface area contributed by atoms with Gasteiger partial charge in [-0.2, -0.15) is 0 Å². The monoisotopic (exact) mass is 359 g/mol. The molecule has 1 saturated carbocycles. The minimum atomic E-state index is -1.21. The lowest BCUT2D eigenvalue weighted by Crippen LogP contribution is -2.47. The number of carbonyl (C=O) groups excluding carboxylic acids is 2. The number of nitrogens with zero attached hydrogens (tertiary/aromatic N) is 1. The van der Waals surface area contributed by atoms with E-state index in [1.165, 1.54) is 24.1 Å². The van der Waals surface area contributed by atoms with Gasteiger partial charge in [0, 0.05) is 17.7 Å². The Morgan fingerprint density at radius 1 is 1.57 bits per heavy atom. The van der Waals surface area contributed by atoms with Crippen LogP contribution in [0.2, 0.25) is 0 Å². The number of amides is 1. The molecule has 1 heterocycles. The average Bonchev–Trinajstić information content (AvgIpc) is 3.09. The van der Waals surface area contributed by atoms with E-state index in [1.54, 1.807) is 0 Å². The number of ether oxygens (including phenoxy) is 1. The molecular formula is C14H12BrF2NO3. The molecule has 1 amide bonds. The zero-order chi connectivity index (χ0) is 15.4. The van der Waals surface area contributed by atoms with Crippen LogP contribution in [0.1, 0.15) is 22.3 Å². The fraction of sp³-hybridized carbons (Fsp3) is 0.429. The molecule has 0 saturated heterocycles. The standard InChI is InChI=1S/C14H12BrF2NO3/c1-21-10(19)5-18-6-14(4-9(14)16)11-7(13(18)20)2-3-8(15)12(11)17/h2-3,9H,4-6H2,1H3/t9?,14-/m1/s1. The van der Waals surface area contributed by atoms with Gasteiger partial charge < -0.3 is 9.64 Å². The zero-order valence-corrected chi connectivity index (χ0v) is 12.7. The first-order chi connectivity index (χ1) is 9.90. The molecule has 7 heteroatoms. The van der Waals surface area contributed by atoms with E-state index in [4.69, 9.17) is 0 Å². The van der Waals surface area contributed by atoms with Crippen molar-refractivity contribution in [2.24, 2.45) is 0 Å². The molecule has 4 nitrogen and oxygen atoms in total. The van der Waals surface area contributed by atoms with Crippen LogP contribution in [0.3, 0.4) is 0 Å². The number of alkyl halides is 1. The van der Waals surface area contributed by atoms with Gasteiger partial charge in [0.05, 0.1) is 17.0 Å². The Morgan fingerprint density at radius 3 is 2.81 bits per heavy atom. The van der Waals surface area contributed by atoms with Gasteiger partial charge in [-0.15, -0.1) is 0 Å². The Bertz CT molecular complexity index is 651. The molecule has 1 aliphatic carbocycles. The minimum absolute atomic E-state index is 0.0114. The zero-order valence-electron chi connectivity index (χ0n) is 11.2. The van der Waals surface area contributed by atoms with Crippen LogP contribution in [0, 0.1) is 5.82 Å².